The van der Waals surface area contributed by atoms with Crippen molar-refractivity contribution < 1.29 is 13.2 Å². The highest BCUT2D eigenvalue weighted by Gasteiger charge is 2.30. The second-order valence-electron chi connectivity index (χ2n) is 2.79. The Labute approximate surface area is 77.0 Å². The standard InChI is InChI=1S/C7H10N2O3S/c8-4-2-5-9-7(10)3-1-6-13(9,11)12/h1-3,5-6H2. The van der Waals surface area contributed by atoms with Gasteiger partial charge in [-0.3, -0.25) is 4.79 Å². The van der Waals surface area contributed by atoms with Crippen LogP contribution in [0.2, 0.25) is 0 Å². The lowest BCUT2D eigenvalue weighted by atomic mass is 10.3. The van der Waals surface area contributed by atoms with Crippen molar-refractivity contribution in [1.29, 1.82) is 5.26 Å². The molecule has 6 heteroatoms. The minimum absolute atomic E-state index is 0.00231. The fourth-order valence-corrected chi connectivity index (χ4v) is 2.71. The van der Waals surface area contributed by atoms with Crippen molar-refractivity contribution in [2.24, 2.45) is 0 Å². The fraction of sp³-hybridized carbons (Fsp3) is 0.714. The largest absolute Gasteiger partial charge is 0.274 e. The van der Waals surface area contributed by atoms with E-state index in [1.54, 1.807) is 0 Å². The van der Waals surface area contributed by atoms with E-state index in [9.17, 15) is 13.2 Å². The average molecular weight is 202 g/mol. The predicted octanol–water partition coefficient (Wildman–Crippen LogP) is -0.148. The normalized spacial score (nSPS) is 21.2. The Morgan fingerprint density at radius 1 is 1.54 bits per heavy atom. The second-order valence-corrected chi connectivity index (χ2v) is 4.81. The number of sulfonamides is 1. The zero-order valence-corrected chi connectivity index (χ0v) is 7.88. The van der Waals surface area contributed by atoms with Gasteiger partial charge in [0, 0.05) is 13.0 Å². The first-order valence-corrected chi connectivity index (χ1v) is 5.59. The van der Waals surface area contributed by atoms with Crippen molar-refractivity contribution in [2.45, 2.75) is 19.3 Å². The number of nitrogens with zero attached hydrogens (tertiary/aromatic N) is 2. The maximum absolute atomic E-state index is 11.3. The molecule has 1 fully saturated rings. The van der Waals surface area contributed by atoms with Gasteiger partial charge < -0.3 is 0 Å². The van der Waals surface area contributed by atoms with Crippen molar-refractivity contribution in [1.82, 2.24) is 4.31 Å². The SMILES string of the molecule is N#CCCN1C(=O)CCCS1(=O)=O. The molecule has 0 aliphatic carbocycles. The van der Waals surface area contributed by atoms with E-state index < -0.39 is 10.0 Å². The van der Waals surface area contributed by atoms with Gasteiger partial charge in [-0.2, -0.15) is 5.26 Å². The van der Waals surface area contributed by atoms with Gasteiger partial charge in [0.15, 0.2) is 0 Å². The molecule has 0 aromatic carbocycles. The van der Waals surface area contributed by atoms with Crippen LogP contribution < -0.4 is 0 Å². The molecule has 0 radical (unpaired) electrons. The first-order chi connectivity index (χ1) is 6.08. The number of rotatable bonds is 2. The monoisotopic (exact) mass is 202 g/mol. The third kappa shape index (κ3) is 2.18. The van der Waals surface area contributed by atoms with E-state index in [1.165, 1.54) is 0 Å². The Hall–Kier alpha value is -1.09. The van der Waals surface area contributed by atoms with Gasteiger partial charge in [-0.25, -0.2) is 12.7 Å². The van der Waals surface area contributed by atoms with Gasteiger partial charge >= 0.3 is 0 Å². The zero-order valence-electron chi connectivity index (χ0n) is 7.06. The minimum atomic E-state index is -3.41. The molecule has 0 bridgehead atoms. The summed E-state index contributed by atoms with van der Waals surface area (Å²) in [5.74, 6) is -0.369. The van der Waals surface area contributed by atoms with Crippen LogP contribution in [0.15, 0.2) is 0 Å². The second kappa shape index (κ2) is 3.75. The van der Waals surface area contributed by atoms with Crippen LogP contribution >= 0.6 is 0 Å². The third-order valence-corrected chi connectivity index (χ3v) is 3.70. The summed E-state index contributed by atoms with van der Waals surface area (Å²) in [6.07, 6.45) is 0.722. The van der Waals surface area contributed by atoms with Crippen LogP contribution in [0.1, 0.15) is 19.3 Å². The van der Waals surface area contributed by atoms with Crippen molar-refractivity contribution in [3.8, 4) is 6.07 Å². The van der Waals surface area contributed by atoms with E-state index in [4.69, 9.17) is 5.26 Å². The van der Waals surface area contributed by atoms with E-state index in [2.05, 4.69) is 0 Å². The van der Waals surface area contributed by atoms with Crippen LogP contribution in [-0.2, 0) is 14.8 Å². The topological polar surface area (TPSA) is 78.2 Å². The molecule has 0 unspecified atom stereocenters. The van der Waals surface area contributed by atoms with E-state index in [1.807, 2.05) is 6.07 Å². The number of hydrogen-bond acceptors (Lipinski definition) is 4. The Morgan fingerprint density at radius 3 is 2.77 bits per heavy atom. The van der Waals surface area contributed by atoms with Crippen LogP contribution in [-0.4, -0.2) is 30.9 Å². The zero-order chi connectivity index (χ0) is 9.90. The summed E-state index contributed by atoms with van der Waals surface area (Å²) in [4.78, 5) is 11.2. The van der Waals surface area contributed by atoms with Gasteiger partial charge in [0.2, 0.25) is 15.9 Å². The van der Waals surface area contributed by atoms with Gasteiger partial charge in [0.25, 0.3) is 0 Å². The van der Waals surface area contributed by atoms with Gasteiger partial charge in [0.05, 0.1) is 18.2 Å². The van der Waals surface area contributed by atoms with Crippen molar-refractivity contribution in [3.63, 3.8) is 0 Å². The Kier molecular flexibility index (Phi) is 2.88. The van der Waals surface area contributed by atoms with E-state index in [0.717, 1.165) is 4.31 Å². The Morgan fingerprint density at radius 2 is 2.23 bits per heavy atom. The molecule has 1 rings (SSSR count). The quantitative estimate of drug-likeness (QED) is 0.624. The van der Waals surface area contributed by atoms with Crippen molar-refractivity contribution in [3.05, 3.63) is 0 Å². The van der Waals surface area contributed by atoms with Gasteiger partial charge in [0.1, 0.15) is 0 Å². The summed E-state index contributed by atoms with van der Waals surface area (Å²) < 4.78 is 23.4. The minimum Gasteiger partial charge on any atom is -0.274 e. The molecule has 1 aliphatic heterocycles. The number of carbonyl (C=O) groups excluding carboxylic acids is 1. The maximum Gasteiger partial charge on any atom is 0.237 e. The molecule has 0 atom stereocenters. The predicted molar refractivity (Wildman–Crippen MR) is 45.0 cm³/mol. The van der Waals surface area contributed by atoms with Crippen LogP contribution in [0.4, 0.5) is 0 Å². The smallest absolute Gasteiger partial charge is 0.237 e. The average Bonchev–Trinajstić information content (AvgIpc) is 2.02. The molecule has 5 nitrogen and oxygen atoms in total. The molecule has 1 aliphatic rings. The lowest BCUT2D eigenvalue weighted by Crippen LogP contribution is -2.42. The number of carbonyl (C=O) groups is 1. The molecular weight excluding hydrogens is 192 g/mol. The van der Waals surface area contributed by atoms with E-state index in [-0.39, 0.29) is 31.0 Å². The van der Waals surface area contributed by atoms with Gasteiger partial charge in [-0.15, -0.1) is 0 Å². The molecule has 1 saturated heterocycles. The lowest BCUT2D eigenvalue weighted by Gasteiger charge is -2.25. The van der Waals surface area contributed by atoms with Crippen molar-refractivity contribution >= 4 is 15.9 Å². The highest BCUT2D eigenvalue weighted by molar-refractivity contribution is 7.89. The fourth-order valence-electron chi connectivity index (χ4n) is 1.21. The third-order valence-electron chi connectivity index (χ3n) is 1.83. The first kappa shape index (κ1) is 9.99. The Bertz CT molecular complexity index is 341. The summed E-state index contributed by atoms with van der Waals surface area (Å²) in [6, 6.07) is 1.81. The van der Waals surface area contributed by atoms with Crippen LogP contribution in [0, 0.1) is 11.3 Å². The summed E-state index contributed by atoms with van der Waals surface area (Å²) in [5.41, 5.74) is 0. The molecule has 0 aromatic rings. The Balaban J connectivity index is 2.77. The maximum atomic E-state index is 11.3. The summed E-state index contributed by atoms with van der Waals surface area (Å²) in [6.45, 7) is -0.00231. The lowest BCUT2D eigenvalue weighted by molar-refractivity contribution is -0.126. The highest BCUT2D eigenvalue weighted by Crippen LogP contribution is 2.14. The number of nitriles is 1. The van der Waals surface area contributed by atoms with Crippen LogP contribution in [0.25, 0.3) is 0 Å². The first-order valence-electron chi connectivity index (χ1n) is 3.98. The van der Waals surface area contributed by atoms with E-state index in [0.29, 0.717) is 6.42 Å². The summed E-state index contributed by atoms with van der Waals surface area (Å²) in [5, 5.41) is 8.27. The molecule has 0 aromatic heterocycles. The number of amides is 1. The highest BCUT2D eigenvalue weighted by atomic mass is 32.2. The molecule has 1 heterocycles. The summed E-state index contributed by atoms with van der Waals surface area (Å²) >= 11 is 0. The molecule has 72 valence electrons. The molecule has 0 saturated carbocycles. The molecular formula is C7H10N2O3S. The molecule has 0 spiro atoms. The number of hydrogen-bond donors (Lipinski definition) is 0. The van der Waals surface area contributed by atoms with Crippen molar-refractivity contribution in [2.75, 3.05) is 12.3 Å². The summed E-state index contributed by atoms with van der Waals surface area (Å²) in [7, 11) is -3.41. The van der Waals surface area contributed by atoms with Crippen LogP contribution in [0.5, 0.6) is 0 Å². The molecule has 0 N–H and O–H groups in total. The molecule has 13 heavy (non-hydrogen) atoms. The van der Waals surface area contributed by atoms with Crippen LogP contribution in [0.3, 0.4) is 0 Å². The van der Waals surface area contributed by atoms with E-state index >= 15 is 0 Å². The molecule has 1 amide bonds. The van der Waals surface area contributed by atoms with Gasteiger partial charge in [-0.1, -0.05) is 0 Å². The van der Waals surface area contributed by atoms with Gasteiger partial charge in [-0.05, 0) is 6.42 Å².